The van der Waals surface area contributed by atoms with Gasteiger partial charge in [0.15, 0.2) is 0 Å². The third-order valence-electron chi connectivity index (χ3n) is 2.93. The number of carbonyl (C=O) groups excluding carboxylic acids is 2. The van der Waals surface area contributed by atoms with E-state index in [1.807, 2.05) is 0 Å². The highest BCUT2D eigenvalue weighted by atomic mass is 31.2. The third-order valence-corrected chi connectivity index (χ3v) is 5.29. The molecule has 19 heavy (non-hydrogen) atoms. The molecule has 1 fully saturated rings. The van der Waals surface area contributed by atoms with Crippen molar-refractivity contribution in [3.63, 3.8) is 0 Å². The number of amides is 3. The van der Waals surface area contributed by atoms with Crippen LogP contribution >= 0.6 is 7.60 Å². The summed E-state index contributed by atoms with van der Waals surface area (Å²) >= 11 is 0. The van der Waals surface area contributed by atoms with Gasteiger partial charge in [-0.3, -0.25) is 14.7 Å². The van der Waals surface area contributed by atoms with Crippen LogP contribution in [0.2, 0.25) is 0 Å². The molecule has 7 nitrogen and oxygen atoms in total. The molecule has 1 aromatic rings. The minimum absolute atomic E-state index is 0.324. The first-order valence-corrected chi connectivity index (χ1v) is 6.95. The number of rotatable bonds is 4. The van der Waals surface area contributed by atoms with E-state index in [1.54, 1.807) is 30.3 Å². The average Bonchev–Trinajstić information content (AvgIpc) is 2.75. The molecule has 0 bridgehead atoms. The van der Waals surface area contributed by atoms with Crippen LogP contribution in [0.4, 0.5) is 4.79 Å². The summed E-state index contributed by atoms with van der Waals surface area (Å²) in [5, 5.41) is 2.56. The van der Waals surface area contributed by atoms with E-state index in [2.05, 4.69) is 10.6 Å². The van der Waals surface area contributed by atoms with Crippen molar-refractivity contribution in [2.24, 2.45) is 0 Å². The van der Waals surface area contributed by atoms with Crippen molar-refractivity contribution < 1.29 is 23.2 Å². The van der Waals surface area contributed by atoms with Crippen LogP contribution in [-0.4, -0.2) is 26.2 Å². The summed E-state index contributed by atoms with van der Waals surface area (Å²) < 4.78 is 22.5. The van der Waals surface area contributed by atoms with E-state index in [0.29, 0.717) is 5.56 Å². The number of hydrogen-bond acceptors (Lipinski definition) is 5. The lowest BCUT2D eigenvalue weighted by Gasteiger charge is -2.31. The maximum atomic E-state index is 12.7. The van der Waals surface area contributed by atoms with Crippen molar-refractivity contribution in [3.05, 3.63) is 35.9 Å². The molecule has 102 valence electrons. The largest absolute Gasteiger partial charge is 0.369 e. The maximum absolute atomic E-state index is 12.7. The SMILES string of the molecule is COP(=O)(OC)C1(c2ccccc2)NC(=O)NC1=O. The van der Waals surface area contributed by atoms with Crippen molar-refractivity contribution in [1.29, 1.82) is 0 Å². The molecule has 2 rings (SSSR count). The van der Waals surface area contributed by atoms with Gasteiger partial charge < -0.3 is 14.4 Å². The quantitative estimate of drug-likeness (QED) is 0.639. The topological polar surface area (TPSA) is 93.7 Å². The molecule has 1 aliphatic rings. The summed E-state index contributed by atoms with van der Waals surface area (Å²) in [5.74, 6) is -0.768. The van der Waals surface area contributed by atoms with Crippen LogP contribution in [0, 0.1) is 0 Å². The van der Waals surface area contributed by atoms with Crippen LogP contribution in [0.1, 0.15) is 5.56 Å². The fourth-order valence-corrected chi connectivity index (χ4v) is 3.73. The molecular weight excluding hydrogens is 271 g/mol. The van der Waals surface area contributed by atoms with Gasteiger partial charge in [-0.05, 0) is 5.56 Å². The maximum Gasteiger partial charge on any atom is 0.369 e. The fraction of sp³-hybridized carbons (Fsp3) is 0.273. The summed E-state index contributed by atoms with van der Waals surface area (Å²) in [5.41, 5.74) is 0.324. The Morgan fingerprint density at radius 1 is 1.11 bits per heavy atom. The van der Waals surface area contributed by atoms with Crippen LogP contribution in [0.15, 0.2) is 30.3 Å². The molecule has 1 atom stereocenters. The van der Waals surface area contributed by atoms with Crippen molar-refractivity contribution in [3.8, 4) is 0 Å². The Labute approximate surface area is 109 Å². The fourth-order valence-electron chi connectivity index (χ4n) is 2.03. The average molecular weight is 284 g/mol. The highest BCUT2D eigenvalue weighted by molar-refractivity contribution is 7.56. The molecule has 1 aromatic carbocycles. The van der Waals surface area contributed by atoms with Gasteiger partial charge in [-0.2, -0.15) is 0 Å². The van der Waals surface area contributed by atoms with Crippen molar-refractivity contribution in [2.45, 2.75) is 5.28 Å². The molecule has 1 unspecified atom stereocenters. The molecule has 8 heteroatoms. The molecule has 0 aromatic heterocycles. The van der Waals surface area contributed by atoms with Crippen LogP contribution < -0.4 is 10.6 Å². The van der Waals surface area contributed by atoms with Gasteiger partial charge in [0.05, 0.1) is 0 Å². The summed E-state index contributed by atoms with van der Waals surface area (Å²) in [6, 6.07) is 7.43. The Hall–Kier alpha value is -1.69. The van der Waals surface area contributed by atoms with Crippen LogP contribution in [0.25, 0.3) is 0 Å². The highest BCUT2D eigenvalue weighted by Crippen LogP contribution is 2.63. The predicted octanol–water partition coefficient (Wildman–Crippen LogP) is 1.16. The summed E-state index contributed by atoms with van der Waals surface area (Å²) in [4.78, 5) is 23.6. The first kappa shape index (κ1) is 13.7. The van der Waals surface area contributed by atoms with Crippen molar-refractivity contribution in [2.75, 3.05) is 14.2 Å². The Kier molecular flexibility index (Phi) is 3.45. The van der Waals surface area contributed by atoms with Gasteiger partial charge in [0.1, 0.15) is 0 Å². The second-order valence-corrected chi connectivity index (χ2v) is 6.24. The van der Waals surface area contributed by atoms with E-state index in [0.717, 1.165) is 14.2 Å². The zero-order chi connectivity index (χ0) is 14.1. The number of imide groups is 1. The predicted molar refractivity (Wildman–Crippen MR) is 66.4 cm³/mol. The lowest BCUT2D eigenvalue weighted by molar-refractivity contribution is -0.122. The minimum atomic E-state index is -3.92. The first-order chi connectivity index (χ1) is 9.00. The Bertz CT molecular complexity index is 553. The van der Waals surface area contributed by atoms with E-state index >= 15 is 0 Å². The van der Waals surface area contributed by atoms with Crippen LogP contribution in [0.3, 0.4) is 0 Å². The number of benzene rings is 1. The van der Waals surface area contributed by atoms with E-state index in [9.17, 15) is 14.2 Å². The summed E-state index contributed by atoms with van der Waals surface area (Å²) in [6.45, 7) is 0. The summed E-state index contributed by atoms with van der Waals surface area (Å²) in [7, 11) is -1.60. The lowest BCUT2D eigenvalue weighted by Crippen LogP contribution is -2.44. The van der Waals surface area contributed by atoms with E-state index in [4.69, 9.17) is 9.05 Å². The molecule has 2 N–H and O–H groups in total. The van der Waals surface area contributed by atoms with Gasteiger partial charge in [-0.25, -0.2) is 4.79 Å². The standard InChI is InChI=1S/C11H13N2O5P/c1-17-19(16,18-2)11(8-6-4-3-5-7-8)9(14)12-10(15)13-11/h3-7H,1-2H3,(H2,12,13,14,15). The lowest BCUT2D eigenvalue weighted by atomic mass is 10.1. The van der Waals surface area contributed by atoms with Gasteiger partial charge in [0, 0.05) is 14.2 Å². The van der Waals surface area contributed by atoms with Crippen molar-refractivity contribution in [1.82, 2.24) is 10.6 Å². The molecule has 1 saturated heterocycles. The number of urea groups is 1. The molecule has 0 saturated carbocycles. The first-order valence-electron chi connectivity index (χ1n) is 5.41. The Morgan fingerprint density at radius 2 is 1.68 bits per heavy atom. The second kappa shape index (κ2) is 4.77. The zero-order valence-corrected chi connectivity index (χ0v) is 11.3. The van der Waals surface area contributed by atoms with E-state index in [1.165, 1.54) is 0 Å². The normalized spacial score (nSPS) is 23.1. The van der Waals surface area contributed by atoms with Crippen LogP contribution in [0.5, 0.6) is 0 Å². The van der Waals surface area contributed by atoms with E-state index in [-0.39, 0.29) is 0 Å². The Morgan fingerprint density at radius 3 is 2.11 bits per heavy atom. The molecule has 3 amide bonds. The minimum Gasteiger partial charge on any atom is -0.310 e. The number of hydrogen-bond donors (Lipinski definition) is 2. The molecule has 0 aliphatic carbocycles. The van der Waals surface area contributed by atoms with Gasteiger partial charge in [-0.1, -0.05) is 30.3 Å². The molecule has 1 heterocycles. The van der Waals surface area contributed by atoms with Gasteiger partial charge >= 0.3 is 13.6 Å². The smallest absolute Gasteiger partial charge is 0.310 e. The molecule has 0 spiro atoms. The van der Waals surface area contributed by atoms with E-state index < -0.39 is 24.8 Å². The van der Waals surface area contributed by atoms with Crippen molar-refractivity contribution >= 4 is 19.5 Å². The second-order valence-electron chi connectivity index (χ2n) is 3.85. The number of nitrogens with one attached hydrogen (secondary N) is 2. The molecular formula is C11H13N2O5P. The monoisotopic (exact) mass is 284 g/mol. The molecule has 1 aliphatic heterocycles. The third kappa shape index (κ3) is 1.87. The van der Waals surface area contributed by atoms with Gasteiger partial charge in [0.2, 0.25) is 5.28 Å². The summed E-state index contributed by atoms with van der Waals surface area (Å²) in [6.07, 6.45) is 0. The Balaban J connectivity index is 2.68. The highest BCUT2D eigenvalue weighted by Gasteiger charge is 2.62. The van der Waals surface area contributed by atoms with Gasteiger partial charge in [-0.15, -0.1) is 0 Å². The molecule has 0 radical (unpaired) electrons. The van der Waals surface area contributed by atoms with Crippen LogP contribution in [-0.2, 0) is 23.7 Å². The number of carbonyl (C=O) groups is 2. The van der Waals surface area contributed by atoms with Gasteiger partial charge in [0.25, 0.3) is 5.91 Å². The zero-order valence-electron chi connectivity index (χ0n) is 10.4.